The molecule has 94 valence electrons. The van der Waals surface area contributed by atoms with Crippen LogP contribution in [0.1, 0.15) is 31.9 Å². The lowest BCUT2D eigenvalue weighted by atomic mass is 9.97. The Labute approximate surface area is 108 Å². The van der Waals surface area contributed by atoms with Crippen LogP contribution in [0.15, 0.2) is 24.3 Å². The molecule has 0 bridgehead atoms. The molecular formula is C14H20ClNO. The van der Waals surface area contributed by atoms with Crippen molar-refractivity contribution < 1.29 is 4.79 Å². The average molecular weight is 254 g/mol. The summed E-state index contributed by atoms with van der Waals surface area (Å²) in [6, 6.07) is 7.96. The molecule has 3 heteroatoms. The summed E-state index contributed by atoms with van der Waals surface area (Å²) >= 11 is 5.77. The standard InChI is InChI=1S/C14H20ClNO/c1-10(2)11(3)14(17)16-9-13-6-4-5-12(7-13)8-15/h4-7,10-11H,8-9H2,1-3H3,(H,16,17). The molecule has 1 N–H and O–H groups in total. The van der Waals surface area contributed by atoms with Crippen LogP contribution < -0.4 is 5.32 Å². The van der Waals surface area contributed by atoms with Gasteiger partial charge in [0.15, 0.2) is 0 Å². The second-order valence-corrected chi connectivity index (χ2v) is 4.97. The molecule has 1 atom stereocenters. The highest BCUT2D eigenvalue weighted by molar-refractivity contribution is 6.17. The van der Waals surface area contributed by atoms with Gasteiger partial charge in [-0.25, -0.2) is 0 Å². The molecule has 17 heavy (non-hydrogen) atoms. The predicted octanol–water partition coefficient (Wildman–Crippen LogP) is 3.33. The minimum absolute atomic E-state index is 0.0474. The lowest BCUT2D eigenvalue weighted by molar-refractivity contribution is -0.125. The van der Waals surface area contributed by atoms with Crippen LogP contribution in [0.4, 0.5) is 0 Å². The van der Waals surface area contributed by atoms with Gasteiger partial charge in [-0.3, -0.25) is 4.79 Å². The third-order valence-electron chi connectivity index (χ3n) is 3.03. The van der Waals surface area contributed by atoms with Gasteiger partial charge in [-0.1, -0.05) is 45.0 Å². The quantitative estimate of drug-likeness (QED) is 0.802. The van der Waals surface area contributed by atoms with E-state index in [2.05, 4.69) is 19.2 Å². The first-order chi connectivity index (χ1) is 8.04. The Balaban J connectivity index is 2.52. The Hall–Kier alpha value is -1.02. The third kappa shape index (κ3) is 4.39. The number of hydrogen-bond donors (Lipinski definition) is 1. The van der Waals surface area contributed by atoms with Crippen LogP contribution in [0.5, 0.6) is 0 Å². The fourth-order valence-electron chi connectivity index (χ4n) is 1.48. The number of alkyl halides is 1. The van der Waals surface area contributed by atoms with Gasteiger partial charge in [0.05, 0.1) is 0 Å². The summed E-state index contributed by atoms with van der Waals surface area (Å²) in [5.74, 6) is 1.02. The molecule has 0 aliphatic rings. The van der Waals surface area contributed by atoms with E-state index in [0.717, 1.165) is 11.1 Å². The summed E-state index contributed by atoms with van der Waals surface area (Å²) in [5, 5.41) is 2.95. The summed E-state index contributed by atoms with van der Waals surface area (Å²) in [6.07, 6.45) is 0. The highest BCUT2D eigenvalue weighted by Crippen LogP contribution is 2.11. The number of hydrogen-bond acceptors (Lipinski definition) is 1. The maximum atomic E-state index is 11.8. The zero-order chi connectivity index (χ0) is 12.8. The zero-order valence-electron chi connectivity index (χ0n) is 10.7. The lowest BCUT2D eigenvalue weighted by Gasteiger charge is -2.15. The summed E-state index contributed by atoms with van der Waals surface area (Å²) in [7, 11) is 0. The molecule has 0 spiro atoms. The molecule has 1 aromatic carbocycles. The predicted molar refractivity (Wildman–Crippen MR) is 71.8 cm³/mol. The van der Waals surface area contributed by atoms with Gasteiger partial charge < -0.3 is 5.32 Å². The van der Waals surface area contributed by atoms with Crippen molar-refractivity contribution in [2.45, 2.75) is 33.2 Å². The minimum Gasteiger partial charge on any atom is -0.352 e. The number of halogens is 1. The molecule has 1 aromatic rings. The minimum atomic E-state index is 0.0474. The van der Waals surface area contributed by atoms with Gasteiger partial charge in [-0.2, -0.15) is 0 Å². The van der Waals surface area contributed by atoms with Crippen molar-refractivity contribution in [3.8, 4) is 0 Å². The largest absolute Gasteiger partial charge is 0.352 e. The molecular weight excluding hydrogens is 234 g/mol. The fourth-order valence-corrected chi connectivity index (χ4v) is 1.64. The highest BCUT2D eigenvalue weighted by atomic mass is 35.5. The molecule has 0 fully saturated rings. The van der Waals surface area contributed by atoms with Crippen molar-refractivity contribution >= 4 is 17.5 Å². The van der Waals surface area contributed by atoms with Crippen molar-refractivity contribution in [3.63, 3.8) is 0 Å². The molecule has 1 unspecified atom stereocenters. The van der Waals surface area contributed by atoms with E-state index in [1.807, 2.05) is 31.2 Å². The first kappa shape index (κ1) is 14.0. The van der Waals surface area contributed by atoms with E-state index in [4.69, 9.17) is 11.6 Å². The highest BCUT2D eigenvalue weighted by Gasteiger charge is 2.15. The van der Waals surface area contributed by atoms with Crippen molar-refractivity contribution in [3.05, 3.63) is 35.4 Å². The molecule has 0 saturated heterocycles. The topological polar surface area (TPSA) is 29.1 Å². The number of rotatable bonds is 5. The van der Waals surface area contributed by atoms with Crippen LogP contribution in [0.3, 0.4) is 0 Å². The molecule has 0 aromatic heterocycles. The Morgan fingerprint density at radius 1 is 1.29 bits per heavy atom. The van der Waals surface area contributed by atoms with E-state index in [1.54, 1.807) is 0 Å². The number of benzene rings is 1. The molecule has 0 saturated carbocycles. The molecule has 0 radical (unpaired) electrons. The van der Waals surface area contributed by atoms with Gasteiger partial charge in [-0.05, 0) is 17.0 Å². The second kappa shape index (κ2) is 6.65. The number of nitrogens with one attached hydrogen (secondary N) is 1. The van der Waals surface area contributed by atoms with Crippen molar-refractivity contribution in [1.82, 2.24) is 5.32 Å². The summed E-state index contributed by atoms with van der Waals surface area (Å²) in [4.78, 5) is 11.8. The summed E-state index contributed by atoms with van der Waals surface area (Å²) in [6.45, 7) is 6.63. The Morgan fingerprint density at radius 3 is 2.53 bits per heavy atom. The van der Waals surface area contributed by atoms with E-state index in [9.17, 15) is 4.79 Å². The normalized spacial score (nSPS) is 12.5. The van der Waals surface area contributed by atoms with Gasteiger partial charge in [0.2, 0.25) is 5.91 Å². The summed E-state index contributed by atoms with van der Waals surface area (Å²) < 4.78 is 0. The molecule has 0 heterocycles. The van der Waals surface area contributed by atoms with Gasteiger partial charge in [0.1, 0.15) is 0 Å². The van der Waals surface area contributed by atoms with Crippen molar-refractivity contribution in [2.75, 3.05) is 0 Å². The zero-order valence-corrected chi connectivity index (χ0v) is 11.4. The van der Waals surface area contributed by atoms with Crippen LogP contribution in [0.2, 0.25) is 0 Å². The van der Waals surface area contributed by atoms with Crippen LogP contribution in [0.25, 0.3) is 0 Å². The number of carbonyl (C=O) groups is 1. The molecule has 0 aliphatic heterocycles. The molecule has 2 nitrogen and oxygen atoms in total. The van der Waals surface area contributed by atoms with Crippen LogP contribution >= 0.6 is 11.6 Å². The molecule has 1 rings (SSSR count). The van der Waals surface area contributed by atoms with Gasteiger partial charge in [0, 0.05) is 18.3 Å². The van der Waals surface area contributed by atoms with Crippen LogP contribution in [-0.2, 0) is 17.2 Å². The van der Waals surface area contributed by atoms with E-state index in [-0.39, 0.29) is 11.8 Å². The van der Waals surface area contributed by atoms with E-state index in [0.29, 0.717) is 18.3 Å². The van der Waals surface area contributed by atoms with Crippen molar-refractivity contribution in [2.24, 2.45) is 11.8 Å². The smallest absolute Gasteiger partial charge is 0.223 e. The third-order valence-corrected chi connectivity index (χ3v) is 3.33. The van der Waals surface area contributed by atoms with E-state index in [1.165, 1.54) is 0 Å². The van der Waals surface area contributed by atoms with E-state index < -0.39 is 0 Å². The first-order valence-corrected chi connectivity index (χ1v) is 6.49. The fraction of sp³-hybridized carbons (Fsp3) is 0.500. The average Bonchev–Trinajstić information content (AvgIpc) is 2.35. The first-order valence-electron chi connectivity index (χ1n) is 5.96. The monoisotopic (exact) mass is 253 g/mol. The Morgan fingerprint density at radius 2 is 1.94 bits per heavy atom. The van der Waals surface area contributed by atoms with E-state index >= 15 is 0 Å². The Kier molecular flexibility index (Phi) is 5.49. The number of carbonyl (C=O) groups excluding carboxylic acids is 1. The SMILES string of the molecule is CC(C)C(C)C(=O)NCc1cccc(CCl)c1. The number of amides is 1. The Bertz CT molecular complexity index is 376. The van der Waals surface area contributed by atoms with Crippen LogP contribution in [0, 0.1) is 11.8 Å². The molecule has 0 aliphatic carbocycles. The summed E-state index contributed by atoms with van der Waals surface area (Å²) in [5.41, 5.74) is 2.17. The lowest BCUT2D eigenvalue weighted by Crippen LogP contribution is -2.31. The maximum Gasteiger partial charge on any atom is 0.223 e. The van der Waals surface area contributed by atoms with Crippen molar-refractivity contribution in [1.29, 1.82) is 0 Å². The van der Waals surface area contributed by atoms with Crippen LogP contribution in [-0.4, -0.2) is 5.91 Å². The second-order valence-electron chi connectivity index (χ2n) is 4.70. The van der Waals surface area contributed by atoms with Gasteiger partial charge in [-0.15, -0.1) is 11.6 Å². The molecule has 1 amide bonds. The maximum absolute atomic E-state index is 11.8. The van der Waals surface area contributed by atoms with Gasteiger partial charge >= 0.3 is 0 Å². The van der Waals surface area contributed by atoms with Gasteiger partial charge in [0.25, 0.3) is 0 Å².